The van der Waals surface area contributed by atoms with Crippen molar-refractivity contribution in [2.75, 3.05) is 13.1 Å². The third kappa shape index (κ3) is 5.05. The maximum atomic E-state index is 13.2. The van der Waals surface area contributed by atoms with Crippen molar-refractivity contribution in [3.63, 3.8) is 0 Å². The van der Waals surface area contributed by atoms with Crippen LogP contribution in [0.15, 0.2) is 36.8 Å². The molecule has 3 heterocycles. The van der Waals surface area contributed by atoms with Crippen molar-refractivity contribution in [1.29, 1.82) is 0 Å². The number of halogens is 4. The van der Waals surface area contributed by atoms with Crippen LogP contribution < -0.4 is 10.6 Å². The van der Waals surface area contributed by atoms with Crippen LogP contribution in [0.4, 0.5) is 17.6 Å². The number of aromatic nitrogens is 2. The minimum absolute atomic E-state index is 0.101. The van der Waals surface area contributed by atoms with E-state index in [2.05, 4.69) is 20.6 Å². The second-order valence-electron chi connectivity index (χ2n) is 6.61. The Morgan fingerprint density at radius 2 is 1.79 bits per heavy atom. The Hall–Kier alpha value is -3.08. The first-order chi connectivity index (χ1) is 13.7. The van der Waals surface area contributed by atoms with E-state index < -0.39 is 18.0 Å². The van der Waals surface area contributed by atoms with Crippen molar-refractivity contribution < 1.29 is 32.3 Å². The van der Waals surface area contributed by atoms with Gasteiger partial charge in [0.15, 0.2) is 0 Å². The van der Waals surface area contributed by atoms with Gasteiger partial charge in [-0.25, -0.2) is 9.18 Å². The monoisotopic (exact) mass is 412 g/mol. The van der Waals surface area contributed by atoms with Crippen molar-refractivity contribution in [3.05, 3.63) is 48.2 Å². The van der Waals surface area contributed by atoms with Gasteiger partial charge in [0.1, 0.15) is 5.82 Å². The second-order valence-corrected chi connectivity index (χ2v) is 6.61. The third-order valence-corrected chi connectivity index (χ3v) is 4.66. The molecule has 2 fully saturated rings. The second kappa shape index (κ2) is 8.11. The van der Waals surface area contributed by atoms with E-state index in [1.807, 2.05) is 0 Å². The zero-order valence-corrected chi connectivity index (χ0v) is 14.8. The molecule has 1 aliphatic carbocycles. The van der Waals surface area contributed by atoms with Gasteiger partial charge in [-0.15, -0.1) is 0 Å². The summed E-state index contributed by atoms with van der Waals surface area (Å²) in [6, 6.07) is 5.08. The lowest BCUT2D eigenvalue weighted by Gasteiger charge is -2.08. The minimum Gasteiger partial charge on any atom is -0.475 e. The number of nitrogens with zero attached hydrogens (tertiary/aromatic N) is 2. The number of hydrogen-bond acceptors (Lipinski definition) is 5. The number of nitrogens with one attached hydrogen (secondary N) is 2. The third-order valence-electron chi connectivity index (χ3n) is 4.66. The molecule has 11 heteroatoms. The zero-order chi connectivity index (χ0) is 21.2. The summed E-state index contributed by atoms with van der Waals surface area (Å²) in [6.45, 7) is 1.97. The molecule has 4 rings (SSSR count). The Morgan fingerprint density at radius 1 is 1.14 bits per heavy atom. The van der Waals surface area contributed by atoms with E-state index in [0.717, 1.165) is 19.3 Å². The normalized spacial score (nSPS) is 22.1. The maximum Gasteiger partial charge on any atom is 0.490 e. The lowest BCUT2D eigenvalue weighted by Crippen LogP contribution is -2.32. The number of hydrogen-bond donors (Lipinski definition) is 3. The standard InChI is InChI=1S/C16H15FN4O.C2HF3O2/c17-11-3-10(4-18-6-11)14-2-1-9(5-20-14)16(22)21-15-12-7-19-8-13(12)15;3-2(4,5)1(6)7/h1-6,12-13,15,19H,7-8H2,(H,21,22);(H,6,7)/t12-,13+,15?;. The average molecular weight is 412 g/mol. The van der Waals surface area contributed by atoms with E-state index in [1.165, 1.54) is 12.3 Å². The fourth-order valence-electron chi connectivity index (χ4n) is 3.12. The summed E-state index contributed by atoms with van der Waals surface area (Å²) < 4.78 is 44.9. The van der Waals surface area contributed by atoms with Crippen LogP contribution in [-0.2, 0) is 4.79 Å². The van der Waals surface area contributed by atoms with Gasteiger partial charge in [0, 0.05) is 37.1 Å². The predicted molar refractivity (Wildman–Crippen MR) is 92.2 cm³/mol. The van der Waals surface area contributed by atoms with Crippen LogP contribution in [0.5, 0.6) is 0 Å². The number of fused-ring (bicyclic) bond motifs is 1. The largest absolute Gasteiger partial charge is 0.490 e. The van der Waals surface area contributed by atoms with E-state index in [9.17, 15) is 22.4 Å². The molecule has 0 radical (unpaired) electrons. The van der Waals surface area contributed by atoms with Gasteiger partial charge in [-0.05, 0) is 30.0 Å². The molecule has 1 aliphatic heterocycles. The van der Waals surface area contributed by atoms with Gasteiger partial charge >= 0.3 is 12.1 Å². The van der Waals surface area contributed by atoms with Crippen molar-refractivity contribution in [2.24, 2.45) is 11.8 Å². The number of amides is 1. The van der Waals surface area contributed by atoms with Crippen molar-refractivity contribution >= 4 is 11.9 Å². The fraction of sp³-hybridized carbons (Fsp3) is 0.333. The number of carboxylic acid groups (broad SMARTS) is 1. The summed E-state index contributed by atoms with van der Waals surface area (Å²) in [5, 5.41) is 13.5. The number of piperidine rings is 1. The number of alkyl halides is 3. The van der Waals surface area contributed by atoms with Crippen LogP contribution in [0, 0.1) is 17.7 Å². The molecule has 2 aromatic heterocycles. The molecule has 3 atom stereocenters. The molecule has 1 amide bonds. The minimum atomic E-state index is -5.08. The van der Waals surface area contributed by atoms with Crippen LogP contribution in [0.2, 0.25) is 0 Å². The first kappa shape index (κ1) is 20.6. The molecule has 2 aromatic rings. The smallest absolute Gasteiger partial charge is 0.475 e. The van der Waals surface area contributed by atoms with E-state index in [1.54, 1.807) is 18.3 Å². The summed E-state index contributed by atoms with van der Waals surface area (Å²) in [5.41, 5.74) is 1.71. The number of carbonyl (C=O) groups excluding carboxylic acids is 1. The molecule has 1 saturated heterocycles. The number of rotatable bonds is 3. The number of pyridine rings is 2. The van der Waals surface area contributed by atoms with E-state index >= 15 is 0 Å². The summed E-state index contributed by atoms with van der Waals surface area (Å²) in [6.07, 6.45) is -0.873. The van der Waals surface area contributed by atoms with Gasteiger partial charge in [-0.1, -0.05) is 0 Å². The molecule has 0 spiro atoms. The van der Waals surface area contributed by atoms with Gasteiger partial charge in [0.25, 0.3) is 5.91 Å². The summed E-state index contributed by atoms with van der Waals surface area (Å²) in [5.74, 6) is -2.11. The molecule has 29 heavy (non-hydrogen) atoms. The van der Waals surface area contributed by atoms with Crippen molar-refractivity contribution in [1.82, 2.24) is 20.6 Å². The van der Waals surface area contributed by atoms with Gasteiger partial charge < -0.3 is 15.7 Å². The molecule has 1 unspecified atom stereocenters. The maximum absolute atomic E-state index is 13.2. The van der Waals surface area contributed by atoms with Gasteiger partial charge in [-0.2, -0.15) is 13.2 Å². The molecule has 154 valence electrons. The molecule has 3 N–H and O–H groups in total. The van der Waals surface area contributed by atoms with Crippen LogP contribution in [0.1, 0.15) is 10.4 Å². The topological polar surface area (TPSA) is 104 Å². The lowest BCUT2D eigenvalue weighted by molar-refractivity contribution is -0.192. The van der Waals surface area contributed by atoms with Crippen molar-refractivity contribution in [2.45, 2.75) is 12.2 Å². The molecule has 0 aromatic carbocycles. The Labute approximate surface area is 162 Å². The lowest BCUT2D eigenvalue weighted by atomic mass is 10.1. The first-order valence-corrected chi connectivity index (χ1v) is 8.55. The Bertz CT molecular complexity index is 895. The van der Waals surface area contributed by atoms with Gasteiger partial charge in [-0.3, -0.25) is 14.8 Å². The van der Waals surface area contributed by atoms with Crippen LogP contribution in [-0.4, -0.2) is 52.3 Å². The molecular weight excluding hydrogens is 396 g/mol. The highest BCUT2D eigenvalue weighted by molar-refractivity contribution is 5.94. The quantitative estimate of drug-likeness (QED) is 0.665. The summed E-state index contributed by atoms with van der Waals surface area (Å²) >= 11 is 0. The highest BCUT2D eigenvalue weighted by atomic mass is 19.4. The summed E-state index contributed by atoms with van der Waals surface area (Å²) in [7, 11) is 0. The van der Waals surface area contributed by atoms with Gasteiger partial charge in [0.05, 0.1) is 17.5 Å². The molecule has 2 aliphatic rings. The highest BCUT2D eigenvalue weighted by Crippen LogP contribution is 2.41. The predicted octanol–water partition coefficient (Wildman–Crippen LogP) is 1.86. The molecule has 1 saturated carbocycles. The molecule has 7 nitrogen and oxygen atoms in total. The van der Waals surface area contributed by atoms with Crippen molar-refractivity contribution in [3.8, 4) is 11.3 Å². The van der Waals surface area contributed by atoms with E-state index in [0.29, 0.717) is 34.7 Å². The van der Waals surface area contributed by atoms with Crippen LogP contribution in [0.3, 0.4) is 0 Å². The Kier molecular flexibility index (Phi) is 5.78. The molecule has 0 bridgehead atoms. The number of carboxylic acids is 1. The number of aliphatic carboxylic acids is 1. The van der Waals surface area contributed by atoms with E-state index in [-0.39, 0.29) is 5.91 Å². The fourth-order valence-corrected chi connectivity index (χ4v) is 3.12. The molecular formula is C18H16F4N4O3. The first-order valence-electron chi connectivity index (χ1n) is 8.55. The van der Waals surface area contributed by atoms with Gasteiger partial charge in [0.2, 0.25) is 0 Å². The van der Waals surface area contributed by atoms with Crippen LogP contribution >= 0.6 is 0 Å². The van der Waals surface area contributed by atoms with Crippen LogP contribution in [0.25, 0.3) is 11.3 Å². The highest BCUT2D eigenvalue weighted by Gasteiger charge is 2.53. The van der Waals surface area contributed by atoms with E-state index in [4.69, 9.17) is 9.90 Å². The zero-order valence-electron chi connectivity index (χ0n) is 14.8. The summed E-state index contributed by atoms with van der Waals surface area (Å²) in [4.78, 5) is 29.1. The Morgan fingerprint density at radius 3 is 2.31 bits per heavy atom. The Balaban J connectivity index is 0.000000298. The average Bonchev–Trinajstić information content (AvgIpc) is 3.09. The SMILES string of the molecule is O=C(NC1[C@H]2CNC[C@@H]12)c1ccc(-c2cncc(F)c2)nc1.O=C(O)C(F)(F)F. The number of carbonyl (C=O) groups is 2.